The largest absolute Gasteiger partial charge is 0.497 e. The van der Waals surface area contributed by atoms with Crippen LogP contribution in [-0.2, 0) is 33.3 Å². The summed E-state index contributed by atoms with van der Waals surface area (Å²) in [7, 11) is 1.70. The van der Waals surface area contributed by atoms with E-state index in [2.05, 4.69) is 133 Å². The topological polar surface area (TPSA) is 52.6 Å². The van der Waals surface area contributed by atoms with E-state index in [0.717, 1.165) is 40.8 Å². The first-order chi connectivity index (χ1) is 25.9. The molecular formula is C49H44O4. The molecule has 6 aromatic rings. The third-order valence-corrected chi connectivity index (χ3v) is 11.5. The molecule has 6 aromatic carbocycles. The van der Waals surface area contributed by atoms with Crippen LogP contribution >= 0.6 is 0 Å². The molecule has 1 saturated carbocycles. The molecule has 0 amide bonds. The lowest BCUT2D eigenvalue weighted by Gasteiger charge is -2.38. The van der Waals surface area contributed by atoms with Crippen molar-refractivity contribution in [3.63, 3.8) is 0 Å². The van der Waals surface area contributed by atoms with E-state index >= 15 is 0 Å². The predicted octanol–water partition coefficient (Wildman–Crippen LogP) is 10.6. The Labute approximate surface area is 312 Å². The maximum Gasteiger partial charge on any atom is 0.315 e. The second kappa shape index (κ2) is 14.4. The zero-order chi connectivity index (χ0) is 36.4. The van der Waals surface area contributed by atoms with E-state index in [9.17, 15) is 9.59 Å². The summed E-state index contributed by atoms with van der Waals surface area (Å²) in [4.78, 5) is 25.2. The Morgan fingerprint density at radius 1 is 0.528 bits per heavy atom. The molecule has 1 fully saturated rings. The fourth-order valence-electron chi connectivity index (χ4n) is 9.04. The lowest BCUT2D eigenvalue weighted by molar-refractivity contribution is -0.133. The summed E-state index contributed by atoms with van der Waals surface area (Å²) < 4.78 is 11.3. The van der Waals surface area contributed by atoms with Gasteiger partial charge in [0.05, 0.1) is 18.9 Å². The van der Waals surface area contributed by atoms with Crippen LogP contribution in [0.4, 0.5) is 0 Å². The molecule has 0 heterocycles. The first kappa shape index (κ1) is 34.4. The van der Waals surface area contributed by atoms with Crippen LogP contribution in [0.5, 0.6) is 11.5 Å². The summed E-state index contributed by atoms with van der Waals surface area (Å²) in [6.45, 7) is 1.63. The van der Waals surface area contributed by atoms with Gasteiger partial charge < -0.3 is 9.47 Å². The number of rotatable bonds is 10. The minimum absolute atomic E-state index is 0.0525. The van der Waals surface area contributed by atoms with Crippen LogP contribution in [0.3, 0.4) is 0 Å². The van der Waals surface area contributed by atoms with Crippen molar-refractivity contribution in [3.8, 4) is 22.6 Å². The number of fused-ring (bicyclic) bond motifs is 3. The number of hydrogen-bond acceptors (Lipinski definition) is 4. The molecule has 53 heavy (non-hydrogen) atoms. The van der Waals surface area contributed by atoms with Crippen molar-refractivity contribution in [2.45, 2.75) is 62.7 Å². The Balaban J connectivity index is 1.05. The van der Waals surface area contributed by atoms with Gasteiger partial charge in [-0.15, -0.1) is 0 Å². The zero-order valence-corrected chi connectivity index (χ0v) is 30.4. The highest BCUT2D eigenvalue weighted by Gasteiger charge is 2.46. The summed E-state index contributed by atoms with van der Waals surface area (Å²) >= 11 is 0. The SMILES string of the molecule is COc1ccc(C2(c3ccc(OC(=O)Cc4ccc(C5(c6ccc(CC(C)=O)cc6)c6ccccc6-c6ccccc65)cc4)cc3)CCCCC2)cc1. The van der Waals surface area contributed by atoms with E-state index in [1.54, 1.807) is 14.0 Å². The molecule has 0 bridgehead atoms. The van der Waals surface area contributed by atoms with Crippen LogP contribution in [0.2, 0.25) is 0 Å². The summed E-state index contributed by atoms with van der Waals surface area (Å²) in [5, 5.41) is 0. The first-order valence-corrected chi connectivity index (χ1v) is 18.7. The lowest BCUT2D eigenvalue weighted by atomic mass is 9.65. The Bertz CT molecular complexity index is 2200. The normalized spacial score (nSPS) is 15.2. The molecule has 2 aliphatic rings. The van der Waals surface area contributed by atoms with Crippen LogP contribution in [0.25, 0.3) is 11.1 Å². The number of ether oxygens (including phenoxy) is 2. The van der Waals surface area contributed by atoms with Crippen molar-refractivity contribution in [3.05, 3.63) is 190 Å². The van der Waals surface area contributed by atoms with Crippen molar-refractivity contribution >= 4 is 11.8 Å². The molecule has 4 heteroatoms. The molecule has 8 rings (SSSR count). The minimum atomic E-state index is -0.551. The van der Waals surface area contributed by atoms with E-state index in [1.165, 1.54) is 52.6 Å². The fourth-order valence-corrected chi connectivity index (χ4v) is 9.04. The molecule has 0 atom stereocenters. The van der Waals surface area contributed by atoms with Gasteiger partial charge >= 0.3 is 5.97 Å². The number of ketones is 1. The van der Waals surface area contributed by atoms with E-state index in [0.29, 0.717) is 12.2 Å². The third-order valence-electron chi connectivity index (χ3n) is 11.5. The second-order valence-corrected chi connectivity index (χ2v) is 14.7. The highest BCUT2D eigenvalue weighted by atomic mass is 16.5. The summed E-state index contributed by atoms with van der Waals surface area (Å²) in [6.07, 6.45) is 6.41. The van der Waals surface area contributed by atoms with Gasteiger partial charge in [0.15, 0.2) is 0 Å². The summed E-state index contributed by atoms with van der Waals surface area (Å²) in [5.74, 6) is 1.28. The van der Waals surface area contributed by atoms with Crippen molar-refractivity contribution in [2.24, 2.45) is 0 Å². The minimum Gasteiger partial charge on any atom is -0.497 e. The maximum atomic E-state index is 13.3. The van der Waals surface area contributed by atoms with Gasteiger partial charge in [0.2, 0.25) is 0 Å². The molecular weight excluding hydrogens is 653 g/mol. The highest BCUT2D eigenvalue weighted by molar-refractivity contribution is 5.86. The Morgan fingerprint density at radius 3 is 1.47 bits per heavy atom. The monoisotopic (exact) mass is 696 g/mol. The van der Waals surface area contributed by atoms with Gasteiger partial charge in [-0.05, 0) is 99.7 Å². The average Bonchev–Trinajstić information content (AvgIpc) is 3.50. The number of methoxy groups -OCH3 is 1. The second-order valence-electron chi connectivity index (χ2n) is 14.7. The Morgan fingerprint density at radius 2 is 0.981 bits per heavy atom. The average molecular weight is 697 g/mol. The third kappa shape index (κ3) is 6.27. The van der Waals surface area contributed by atoms with E-state index in [1.807, 2.05) is 12.1 Å². The number of esters is 1. The van der Waals surface area contributed by atoms with Gasteiger partial charge in [0.1, 0.15) is 17.3 Å². The molecule has 0 radical (unpaired) electrons. The molecule has 0 saturated heterocycles. The number of Topliss-reactive ketones (excluding diaryl/α,β-unsaturated/α-hetero) is 1. The lowest BCUT2D eigenvalue weighted by Crippen LogP contribution is -2.30. The van der Waals surface area contributed by atoms with E-state index in [-0.39, 0.29) is 23.6 Å². The molecule has 4 nitrogen and oxygen atoms in total. The van der Waals surface area contributed by atoms with E-state index in [4.69, 9.17) is 9.47 Å². The standard InChI is InChI=1S/C49H44O4/c1-34(50)32-35-14-18-39(19-15-35)49(45-12-6-4-10-43(45)44-11-5-7-13-46(44)49)40-20-16-36(17-21-40)33-47(51)53-42-28-24-38(25-29-42)48(30-8-3-9-31-48)37-22-26-41(52-2)27-23-37/h4-7,10-29H,3,8-9,30-33H2,1-2H3. The number of hydrogen-bond donors (Lipinski definition) is 0. The van der Waals surface area contributed by atoms with Gasteiger partial charge in [-0.25, -0.2) is 0 Å². The molecule has 0 N–H and O–H groups in total. The van der Waals surface area contributed by atoms with Gasteiger partial charge in [-0.3, -0.25) is 9.59 Å². The van der Waals surface area contributed by atoms with Crippen LogP contribution < -0.4 is 9.47 Å². The molecule has 2 aliphatic carbocycles. The van der Waals surface area contributed by atoms with Gasteiger partial charge in [0.25, 0.3) is 0 Å². The first-order valence-electron chi connectivity index (χ1n) is 18.7. The van der Waals surface area contributed by atoms with E-state index < -0.39 is 5.41 Å². The van der Waals surface area contributed by atoms with Crippen molar-refractivity contribution in [2.75, 3.05) is 7.11 Å². The Hall–Kier alpha value is -5.74. The van der Waals surface area contributed by atoms with Crippen LogP contribution in [-0.4, -0.2) is 18.9 Å². The summed E-state index contributed by atoms with van der Waals surface area (Å²) in [6, 6.07) is 50.8. The highest BCUT2D eigenvalue weighted by Crippen LogP contribution is 2.56. The number of carbonyl (C=O) groups is 2. The predicted molar refractivity (Wildman–Crippen MR) is 211 cm³/mol. The van der Waals surface area contributed by atoms with Gasteiger partial charge in [-0.2, -0.15) is 0 Å². The van der Waals surface area contributed by atoms with Crippen molar-refractivity contribution in [1.82, 2.24) is 0 Å². The smallest absolute Gasteiger partial charge is 0.315 e. The van der Waals surface area contributed by atoms with Crippen molar-refractivity contribution < 1.29 is 19.1 Å². The molecule has 0 unspecified atom stereocenters. The fraction of sp³-hybridized carbons (Fsp3) is 0.224. The van der Waals surface area contributed by atoms with Crippen LogP contribution in [0.1, 0.15) is 83.5 Å². The maximum absolute atomic E-state index is 13.3. The zero-order valence-electron chi connectivity index (χ0n) is 30.4. The van der Waals surface area contributed by atoms with Gasteiger partial charge in [0, 0.05) is 11.8 Å². The number of benzene rings is 6. The molecule has 0 aromatic heterocycles. The van der Waals surface area contributed by atoms with Gasteiger partial charge in [-0.1, -0.05) is 141 Å². The summed E-state index contributed by atoms with van der Waals surface area (Å²) in [5.41, 5.74) is 11.0. The molecule has 0 spiro atoms. The van der Waals surface area contributed by atoms with Crippen LogP contribution in [0, 0.1) is 0 Å². The quantitative estimate of drug-likeness (QED) is 0.106. The van der Waals surface area contributed by atoms with Crippen LogP contribution in [0.15, 0.2) is 146 Å². The Kier molecular flexibility index (Phi) is 9.30. The molecule has 0 aliphatic heterocycles. The molecule has 264 valence electrons. The number of carbonyl (C=O) groups excluding carboxylic acids is 2. The van der Waals surface area contributed by atoms with Crippen molar-refractivity contribution in [1.29, 1.82) is 0 Å².